The number of hydrogen-bond acceptors (Lipinski definition) is 4. The van der Waals surface area contributed by atoms with E-state index >= 15 is 0 Å². The van der Waals surface area contributed by atoms with E-state index in [0.717, 1.165) is 13.0 Å². The van der Waals surface area contributed by atoms with Crippen molar-refractivity contribution in [3.05, 3.63) is 0 Å². The van der Waals surface area contributed by atoms with E-state index in [2.05, 4.69) is 6.92 Å². The van der Waals surface area contributed by atoms with Crippen LogP contribution in [0.3, 0.4) is 0 Å². The molecule has 0 aliphatic carbocycles. The minimum Gasteiger partial charge on any atom is -0.379 e. The second kappa shape index (κ2) is 23.5. The maximum absolute atomic E-state index is 10.5. The minimum atomic E-state index is -3.92. The standard InChI is InChI=1S/C24H50O5S/c1-2-3-4-5-6-7-8-9-10-11-12-13-14-15-16-17-18-19-20-28-21-22-29-23-24-30(25,26)27/h2-24H2,1H3,(H,25,26,27). The fourth-order valence-corrected chi connectivity index (χ4v) is 3.92. The summed E-state index contributed by atoms with van der Waals surface area (Å²) in [7, 11) is -3.92. The summed E-state index contributed by atoms with van der Waals surface area (Å²) in [5, 5.41) is 0. The van der Waals surface area contributed by atoms with Gasteiger partial charge in [0.2, 0.25) is 0 Å². The molecule has 0 rings (SSSR count). The summed E-state index contributed by atoms with van der Waals surface area (Å²) >= 11 is 0. The summed E-state index contributed by atoms with van der Waals surface area (Å²) in [4.78, 5) is 0. The summed E-state index contributed by atoms with van der Waals surface area (Å²) in [6.07, 6.45) is 24.7. The summed E-state index contributed by atoms with van der Waals surface area (Å²) in [5.41, 5.74) is 0. The number of rotatable bonds is 25. The van der Waals surface area contributed by atoms with Gasteiger partial charge in [0, 0.05) is 6.61 Å². The van der Waals surface area contributed by atoms with Gasteiger partial charge in [-0.1, -0.05) is 116 Å². The second-order valence-corrected chi connectivity index (χ2v) is 10.1. The summed E-state index contributed by atoms with van der Waals surface area (Å²) in [6.45, 7) is 3.88. The van der Waals surface area contributed by atoms with E-state index in [1.165, 1.54) is 109 Å². The lowest BCUT2D eigenvalue weighted by Crippen LogP contribution is -2.13. The molecule has 0 aromatic rings. The van der Waals surface area contributed by atoms with Crippen molar-refractivity contribution < 1.29 is 22.4 Å². The number of unbranched alkanes of at least 4 members (excludes halogenated alkanes) is 17. The van der Waals surface area contributed by atoms with Gasteiger partial charge in [-0.3, -0.25) is 4.55 Å². The third-order valence-corrected chi connectivity index (χ3v) is 6.18. The van der Waals surface area contributed by atoms with Crippen LogP contribution in [-0.4, -0.2) is 45.2 Å². The average Bonchev–Trinajstić information content (AvgIpc) is 2.70. The second-order valence-electron chi connectivity index (χ2n) is 8.52. The van der Waals surface area contributed by atoms with Crippen molar-refractivity contribution in [2.75, 3.05) is 32.2 Å². The number of ether oxygens (including phenoxy) is 2. The highest BCUT2D eigenvalue weighted by Gasteiger charge is 2.03. The van der Waals surface area contributed by atoms with Crippen molar-refractivity contribution in [2.24, 2.45) is 0 Å². The third-order valence-electron chi connectivity index (χ3n) is 5.50. The normalized spacial score (nSPS) is 11.9. The molecule has 0 spiro atoms. The van der Waals surface area contributed by atoms with Crippen molar-refractivity contribution in [3.8, 4) is 0 Å². The van der Waals surface area contributed by atoms with Crippen LogP contribution < -0.4 is 0 Å². The van der Waals surface area contributed by atoms with Gasteiger partial charge in [0.05, 0.1) is 25.6 Å². The molecule has 0 aromatic carbocycles. The van der Waals surface area contributed by atoms with E-state index in [1.807, 2.05) is 0 Å². The molecule has 0 amide bonds. The van der Waals surface area contributed by atoms with Gasteiger partial charge >= 0.3 is 0 Å². The molecule has 0 aliphatic heterocycles. The Labute approximate surface area is 187 Å². The first kappa shape index (κ1) is 29.8. The molecule has 30 heavy (non-hydrogen) atoms. The Morgan fingerprint density at radius 1 is 0.500 bits per heavy atom. The van der Waals surface area contributed by atoms with Crippen LogP contribution >= 0.6 is 0 Å². The van der Waals surface area contributed by atoms with Crippen molar-refractivity contribution in [1.82, 2.24) is 0 Å². The molecule has 0 fully saturated rings. The molecular formula is C24H50O5S. The van der Waals surface area contributed by atoms with Gasteiger partial charge in [-0.15, -0.1) is 0 Å². The predicted molar refractivity (Wildman–Crippen MR) is 127 cm³/mol. The van der Waals surface area contributed by atoms with Gasteiger partial charge in [-0.2, -0.15) is 8.42 Å². The molecule has 0 bridgehead atoms. The van der Waals surface area contributed by atoms with Crippen LogP contribution in [0, 0.1) is 0 Å². The Balaban J connectivity index is 3.03. The highest BCUT2D eigenvalue weighted by Crippen LogP contribution is 2.14. The Bertz CT molecular complexity index is 425. The Morgan fingerprint density at radius 2 is 0.833 bits per heavy atom. The molecule has 0 unspecified atom stereocenters. The first-order chi connectivity index (χ1) is 14.6. The van der Waals surface area contributed by atoms with Crippen LogP contribution in [0.15, 0.2) is 0 Å². The van der Waals surface area contributed by atoms with E-state index in [0.29, 0.717) is 13.2 Å². The van der Waals surface area contributed by atoms with Gasteiger partial charge in [0.1, 0.15) is 0 Å². The van der Waals surface area contributed by atoms with Crippen LogP contribution in [0.2, 0.25) is 0 Å². The first-order valence-corrected chi connectivity index (χ1v) is 14.3. The van der Waals surface area contributed by atoms with Gasteiger partial charge in [-0.25, -0.2) is 0 Å². The van der Waals surface area contributed by atoms with Gasteiger partial charge in [-0.05, 0) is 6.42 Å². The summed E-state index contributed by atoms with van der Waals surface area (Å²) < 4.78 is 40.1. The zero-order valence-corrected chi connectivity index (χ0v) is 20.6. The smallest absolute Gasteiger partial charge is 0.267 e. The summed E-state index contributed by atoms with van der Waals surface area (Å²) in [5.74, 6) is -0.355. The molecule has 0 saturated carbocycles. The van der Waals surface area contributed by atoms with E-state index in [9.17, 15) is 8.42 Å². The minimum absolute atomic E-state index is 0.0153. The Hall–Kier alpha value is -0.170. The Morgan fingerprint density at radius 3 is 1.20 bits per heavy atom. The van der Waals surface area contributed by atoms with Crippen molar-refractivity contribution in [2.45, 2.75) is 122 Å². The maximum Gasteiger partial charge on any atom is 0.267 e. The average molecular weight is 451 g/mol. The third kappa shape index (κ3) is 27.8. The highest BCUT2D eigenvalue weighted by molar-refractivity contribution is 7.85. The van der Waals surface area contributed by atoms with E-state index in [4.69, 9.17) is 14.0 Å². The monoisotopic (exact) mass is 450 g/mol. The van der Waals surface area contributed by atoms with Crippen molar-refractivity contribution in [1.29, 1.82) is 0 Å². The van der Waals surface area contributed by atoms with Crippen LogP contribution in [0.1, 0.15) is 122 Å². The predicted octanol–water partition coefficient (Wildman–Crippen LogP) is 6.95. The van der Waals surface area contributed by atoms with E-state index in [-0.39, 0.29) is 12.4 Å². The lowest BCUT2D eigenvalue weighted by molar-refractivity contribution is 0.0516. The highest BCUT2D eigenvalue weighted by atomic mass is 32.2. The molecule has 182 valence electrons. The van der Waals surface area contributed by atoms with Gasteiger partial charge in [0.15, 0.2) is 0 Å². The fourth-order valence-electron chi connectivity index (χ4n) is 3.59. The van der Waals surface area contributed by atoms with E-state index in [1.54, 1.807) is 0 Å². The molecule has 0 aromatic heterocycles. The van der Waals surface area contributed by atoms with Crippen LogP contribution in [-0.2, 0) is 19.6 Å². The SMILES string of the molecule is CCCCCCCCCCCCCCCCCCCCOCCOCCS(=O)(=O)O. The van der Waals surface area contributed by atoms with Crippen LogP contribution in [0.25, 0.3) is 0 Å². The zero-order valence-electron chi connectivity index (χ0n) is 19.8. The molecule has 0 radical (unpaired) electrons. The molecule has 5 nitrogen and oxygen atoms in total. The molecule has 6 heteroatoms. The zero-order chi connectivity index (χ0) is 22.2. The largest absolute Gasteiger partial charge is 0.379 e. The molecule has 0 saturated heterocycles. The van der Waals surface area contributed by atoms with Crippen molar-refractivity contribution >= 4 is 10.1 Å². The van der Waals surface area contributed by atoms with Crippen molar-refractivity contribution in [3.63, 3.8) is 0 Å². The van der Waals surface area contributed by atoms with Crippen LogP contribution in [0.4, 0.5) is 0 Å². The quantitative estimate of drug-likeness (QED) is 0.120. The number of hydrogen-bond donors (Lipinski definition) is 1. The lowest BCUT2D eigenvalue weighted by Gasteiger charge is -2.06. The Kier molecular flexibility index (Phi) is 23.4. The molecule has 0 heterocycles. The van der Waals surface area contributed by atoms with Gasteiger partial charge in [0.25, 0.3) is 10.1 Å². The molecule has 0 atom stereocenters. The maximum atomic E-state index is 10.5. The molecular weight excluding hydrogens is 400 g/mol. The summed E-state index contributed by atoms with van der Waals surface area (Å²) in [6, 6.07) is 0. The molecule has 1 N–H and O–H groups in total. The lowest BCUT2D eigenvalue weighted by atomic mass is 10.0. The topological polar surface area (TPSA) is 72.8 Å². The first-order valence-electron chi connectivity index (χ1n) is 12.7. The van der Waals surface area contributed by atoms with Gasteiger partial charge < -0.3 is 9.47 Å². The molecule has 0 aliphatic rings. The fraction of sp³-hybridized carbons (Fsp3) is 1.00. The van der Waals surface area contributed by atoms with Crippen LogP contribution in [0.5, 0.6) is 0 Å². The van der Waals surface area contributed by atoms with E-state index < -0.39 is 10.1 Å².